The lowest BCUT2D eigenvalue weighted by atomic mass is 10.1. The van der Waals surface area contributed by atoms with Gasteiger partial charge in [0.1, 0.15) is 5.82 Å². The summed E-state index contributed by atoms with van der Waals surface area (Å²) in [6.45, 7) is 1.32. The SMILES string of the molecule is Cl.Nc1ccc(CC(=O)N(Cc2ccc(F)cc2)CC2CC2)cc1. The average molecular weight is 349 g/mol. The number of carbonyl (C=O) groups excluding carboxylic acids is 1. The Bertz CT molecular complexity index is 669. The maximum Gasteiger partial charge on any atom is 0.227 e. The van der Waals surface area contributed by atoms with E-state index in [0.717, 1.165) is 17.7 Å². The summed E-state index contributed by atoms with van der Waals surface area (Å²) in [5.74, 6) is 0.465. The van der Waals surface area contributed by atoms with Crippen LogP contribution in [0.15, 0.2) is 48.5 Å². The number of nitrogens with two attached hydrogens (primary N) is 1. The molecule has 1 amide bonds. The van der Waals surface area contributed by atoms with Gasteiger partial charge < -0.3 is 10.6 Å². The molecule has 0 heterocycles. The molecule has 0 aliphatic heterocycles. The van der Waals surface area contributed by atoms with Crippen LogP contribution >= 0.6 is 12.4 Å². The Morgan fingerprint density at radius 3 is 2.21 bits per heavy atom. The molecule has 24 heavy (non-hydrogen) atoms. The summed E-state index contributed by atoms with van der Waals surface area (Å²) in [7, 11) is 0. The number of benzene rings is 2. The first-order chi connectivity index (χ1) is 11.1. The Balaban J connectivity index is 0.00000208. The number of anilines is 1. The number of carbonyl (C=O) groups is 1. The van der Waals surface area contributed by atoms with Crippen LogP contribution in [0.25, 0.3) is 0 Å². The van der Waals surface area contributed by atoms with Gasteiger partial charge in [0.2, 0.25) is 5.91 Å². The van der Waals surface area contributed by atoms with Crippen LogP contribution in [-0.4, -0.2) is 17.4 Å². The van der Waals surface area contributed by atoms with E-state index < -0.39 is 0 Å². The molecule has 0 spiro atoms. The van der Waals surface area contributed by atoms with Crippen molar-refractivity contribution in [1.29, 1.82) is 0 Å². The van der Waals surface area contributed by atoms with Crippen molar-refractivity contribution in [1.82, 2.24) is 4.90 Å². The van der Waals surface area contributed by atoms with Gasteiger partial charge in [-0.15, -0.1) is 12.4 Å². The Kier molecular flexibility index (Phi) is 6.21. The lowest BCUT2D eigenvalue weighted by molar-refractivity contribution is -0.131. The van der Waals surface area contributed by atoms with E-state index >= 15 is 0 Å². The van der Waals surface area contributed by atoms with Crippen molar-refractivity contribution in [2.75, 3.05) is 12.3 Å². The van der Waals surface area contributed by atoms with Gasteiger partial charge in [-0.1, -0.05) is 24.3 Å². The van der Waals surface area contributed by atoms with Crippen LogP contribution in [-0.2, 0) is 17.8 Å². The zero-order valence-corrected chi connectivity index (χ0v) is 14.3. The van der Waals surface area contributed by atoms with Crippen LogP contribution in [0.4, 0.5) is 10.1 Å². The Morgan fingerprint density at radius 1 is 1.04 bits per heavy atom. The first kappa shape index (κ1) is 18.3. The van der Waals surface area contributed by atoms with Gasteiger partial charge in [-0.2, -0.15) is 0 Å². The highest BCUT2D eigenvalue weighted by atomic mass is 35.5. The lowest BCUT2D eigenvalue weighted by Crippen LogP contribution is -2.33. The van der Waals surface area contributed by atoms with Crippen molar-refractivity contribution in [3.8, 4) is 0 Å². The fourth-order valence-corrected chi connectivity index (χ4v) is 2.60. The summed E-state index contributed by atoms with van der Waals surface area (Å²) >= 11 is 0. The van der Waals surface area contributed by atoms with Crippen LogP contribution in [0.2, 0.25) is 0 Å². The first-order valence-electron chi connectivity index (χ1n) is 7.97. The van der Waals surface area contributed by atoms with Gasteiger partial charge in [0.05, 0.1) is 6.42 Å². The highest BCUT2D eigenvalue weighted by Gasteiger charge is 2.26. The summed E-state index contributed by atoms with van der Waals surface area (Å²) < 4.78 is 13.0. The summed E-state index contributed by atoms with van der Waals surface area (Å²) in [4.78, 5) is 14.5. The van der Waals surface area contributed by atoms with Gasteiger partial charge >= 0.3 is 0 Å². The number of halogens is 2. The number of nitrogens with zero attached hydrogens (tertiary/aromatic N) is 1. The highest BCUT2D eigenvalue weighted by molar-refractivity contribution is 5.85. The third-order valence-electron chi connectivity index (χ3n) is 4.15. The van der Waals surface area contributed by atoms with Crippen molar-refractivity contribution >= 4 is 24.0 Å². The zero-order chi connectivity index (χ0) is 16.2. The van der Waals surface area contributed by atoms with Gasteiger partial charge in [0.25, 0.3) is 0 Å². The minimum Gasteiger partial charge on any atom is -0.399 e. The van der Waals surface area contributed by atoms with Gasteiger partial charge in [-0.3, -0.25) is 4.79 Å². The molecule has 0 aromatic heterocycles. The van der Waals surface area contributed by atoms with E-state index in [0.29, 0.717) is 24.6 Å². The van der Waals surface area contributed by atoms with Crippen LogP contribution in [0.1, 0.15) is 24.0 Å². The van der Waals surface area contributed by atoms with E-state index in [2.05, 4.69) is 0 Å². The molecule has 1 saturated carbocycles. The van der Waals surface area contributed by atoms with E-state index in [1.807, 2.05) is 29.2 Å². The largest absolute Gasteiger partial charge is 0.399 e. The fourth-order valence-electron chi connectivity index (χ4n) is 2.60. The van der Waals surface area contributed by atoms with Crippen LogP contribution in [0.3, 0.4) is 0 Å². The summed E-state index contributed by atoms with van der Waals surface area (Å²) in [5.41, 5.74) is 8.29. The molecule has 0 saturated heterocycles. The molecule has 128 valence electrons. The molecule has 3 rings (SSSR count). The summed E-state index contributed by atoms with van der Waals surface area (Å²) in [6, 6.07) is 13.8. The molecule has 0 radical (unpaired) electrons. The molecular formula is C19H22ClFN2O. The maximum absolute atomic E-state index is 13.0. The average Bonchev–Trinajstić information content (AvgIpc) is 3.35. The number of hydrogen-bond donors (Lipinski definition) is 1. The number of amides is 1. The Labute approximate surface area is 148 Å². The number of hydrogen-bond acceptors (Lipinski definition) is 2. The van der Waals surface area contributed by atoms with Crippen molar-refractivity contribution < 1.29 is 9.18 Å². The third-order valence-corrected chi connectivity index (χ3v) is 4.15. The second-order valence-corrected chi connectivity index (χ2v) is 6.26. The number of rotatable bonds is 6. The Morgan fingerprint density at radius 2 is 1.62 bits per heavy atom. The lowest BCUT2D eigenvalue weighted by Gasteiger charge is -2.23. The second-order valence-electron chi connectivity index (χ2n) is 6.26. The monoisotopic (exact) mass is 348 g/mol. The molecule has 1 fully saturated rings. The summed E-state index contributed by atoms with van der Waals surface area (Å²) in [5, 5.41) is 0. The predicted molar refractivity (Wildman–Crippen MR) is 96.3 cm³/mol. The second kappa shape index (κ2) is 8.15. The topological polar surface area (TPSA) is 46.3 Å². The molecule has 5 heteroatoms. The highest BCUT2D eigenvalue weighted by Crippen LogP contribution is 2.30. The van der Waals surface area contributed by atoms with Gasteiger partial charge in [0.15, 0.2) is 0 Å². The van der Waals surface area contributed by atoms with Gasteiger partial charge in [0, 0.05) is 18.8 Å². The smallest absolute Gasteiger partial charge is 0.227 e. The quantitative estimate of drug-likeness (QED) is 0.807. The molecule has 1 aliphatic rings. The third kappa shape index (κ3) is 5.24. The van der Waals surface area contributed by atoms with E-state index in [1.54, 1.807) is 12.1 Å². The summed E-state index contributed by atoms with van der Waals surface area (Å²) in [6.07, 6.45) is 2.75. The van der Waals surface area contributed by atoms with Crippen molar-refractivity contribution in [2.24, 2.45) is 5.92 Å². The molecule has 0 unspecified atom stereocenters. The van der Waals surface area contributed by atoms with Crippen molar-refractivity contribution in [2.45, 2.75) is 25.8 Å². The molecule has 2 N–H and O–H groups in total. The van der Waals surface area contributed by atoms with Gasteiger partial charge in [-0.25, -0.2) is 4.39 Å². The molecule has 0 bridgehead atoms. The van der Waals surface area contributed by atoms with Crippen molar-refractivity contribution in [3.05, 3.63) is 65.5 Å². The molecule has 3 nitrogen and oxygen atoms in total. The molecule has 2 aromatic carbocycles. The van der Waals surface area contributed by atoms with E-state index in [4.69, 9.17) is 5.73 Å². The minimum atomic E-state index is -0.254. The normalized spacial score (nSPS) is 13.2. The fraction of sp³-hybridized carbons (Fsp3) is 0.316. The minimum absolute atomic E-state index is 0. The zero-order valence-electron chi connectivity index (χ0n) is 13.5. The van der Waals surface area contributed by atoms with Crippen LogP contribution < -0.4 is 5.73 Å². The van der Waals surface area contributed by atoms with Crippen LogP contribution in [0.5, 0.6) is 0 Å². The predicted octanol–water partition coefficient (Wildman–Crippen LogP) is 3.81. The first-order valence-corrected chi connectivity index (χ1v) is 7.97. The maximum atomic E-state index is 13.0. The molecular weight excluding hydrogens is 327 g/mol. The van der Waals surface area contributed by atoms with E-state index in [1.165, 1.54) is 25.0 Å². The van der Waals surface area contributed by atoms with Crippen molar-refractivity contribution in [3.63, 3.8) is 0 Å². The van der Waals surface area contributed by atoms with Gasteiger partial charge in [-0.05, 0) is 54.2 Å². The molecule has 0 atom stereocenters. The standard InChI is InChI=1S/C19H21FN2O.ClH/c20-17-7-3-16(4-8-17)13-22(12-15-1-2-15)19(23)11-14-5-9-18(21)10-6-14;/h3-10,15H,1-2,11-13,21H2;1H. The molecule has 2 aromatic rings. The van der Waals surface area contributed by atoms with Crippen LogP contribution in [0, 0.1) is 11.7 Å². The van der Waals surface area contributed by atoms with E-state index in [-0.39, 0.29) is 24.1 Å². The molecule has 1 aliphatic carbocycles. The Hall–Kier alpha value is -2.07. The number of nitrogen functional groups attached to an aromatic ring is 1. The van der Waals surface area contributed by atoms with E-state index in [9.17, 15) is 9.18 Å².